The number of benzene rings is 2. The Morgan fingerprint density at radius 2 is 1.76 bits per heavy atom. The summed E-state index contributed by atoms with van der Waals surface area (Å²) < 4.78 is 15.9. The first-order chi connectivity index (χ1) is 13.8. The topological polar surface area (TPSA) is 77.1 Å². The highest BCUT2D eigenvalue weighted by molar-refractivity contribution is 7.92. The van der Waals surface area contributed by atoms with Gasteiger partial charge < -0.3 is 9.87 Å². The van der Waals surface area contributed by atoms with Gasteiger partial charge in [0.25, 0.3) is 0 Å². The fourth-order valence-electron chi connectivity index (χ4n) is 2.92. The lowest BCUT2D eigenvalue weighted by atomic mass is 10.0. The van der Waals surface area contributed by atoms with E-state index in [-0.39, 0.29) is 5.91 Å². The maximum absolute atomic E-state index is 12.8. The van der Waals surface area contributed by atoms with Crippen molar-refractivity contribution in [3.63, 3.8) is 0 Å². The average molecular weight is 408 g/mol. The number of carbonyl (C=O) groups excluding carboxylic acids is 1. The molecule has 3 aromatic rings. The Kier molecular flexibility index (Phi) is 6.56. The molecule has 6 heteroatoms. The zero-order valence-corrected chi connectivity index (χ0v) is 17.8. The molecule has 0 radical (unpaired) electrons. The molecule has 2 aromatic carbocycles. The summed E-state index contributed by atoms with van der Waals surface area (Å²) in [5, 5.41) is 2.74. The minimum Gasteiger partial charge on any atom is -0.588 e. The summed E-state index contributed by atoms with van der Waals surface area (Å²) in [4.78, 5) is 16.2. The van der Waals surface area contributed by atoms with Crippen LogP contribution in [0.15, 0.2) is 65.8 Å². The van der Waals surface area contributed by atoms with Crippen LogP contribution in [0.2, 0.25) is 0 Å². The van der Waals surface area contributed by atoms with Crippen LogP contribution in [-0.2, 0) is 16.2 Å². The van der Waals surface area contributed by atoms with Crippen LogP contribution in [0.25, 0.3) is 11.1 Å². The van der Waals surface area contributed by atoms with E-state index in [1.807, 2.05) is 55.5 Å². The van der Waals surface area contributed by atoms with Gasteiger partial charge in [-0.3, -0.25) is 9.78 Å². The minimum absolute atomic E-state index is 0.144. The van der Waals surface area contributed by atoms with Gasteiger partial charge in [0.15, 0.2) is 4.90 Å². The normalized spacial score (nSPS) is 11.9. The lowest BCUT2D eigenvalue weighted by molar-refractivity contribution is -0.114. The Labute approximate surface area is 174 Å². The van der Waals surface area contributed by atoms with Gasteiger partial charge in [-0.05, 0) is 53.8 Å². The van der Waals surface area contributed by atoms with Crippen LogP contribution in [0.3, 0.4) is 0 Å². The number of rotatable bonds is 6. The van der Waals surface area contributed by atoms with Gasteiger partial charge in [0, 0.05) is 18.7 Å². The van der Waals surface area contributed by atoms with Gasteiger partial charge >= 0.3 is 0 Å². The first kappa shape index (κ1) is 20.9. The molecule has 0 bridgehead atoms. The van der Waals surface area contributed by atoms with E-state index in [9.17, 15) is 9.35 Å². The molecule has 3 rings (SSSR count). The Morgan fingerprint density at radius 1 is 1.03 bits per heavy atom. The van der Waals surface area contributed by atoms with Gasteiger partial charge in [-0.1, -0.05) is 38.1 Å². The molecule has 29 heavy (non-hydrogen) atoms. The molecule has 0 aliphatic heterocycles. The number of nitrogens with one attached hydrogen (secondary N) is 2. The predicted molar refractivity (Wildman–Crippen MR) is 119 cm³/mol. The Morgan fingerprint density at radius 3 is 2.41 bits per heavy atom. The third-order valence-corrected chi connectivity index (χ3v) is 5.70. The summed E-state index contributed by atoms with van der Waals surface area (Å²) in [7, 11) is 0. The van der Waals surface area contributed by atoms with Gasteiger partial charge in [0.05, 0.1) is 17.6 Å². The Bertz CT molecular complexity index is 1000. The third-order valence-electron chi connectivity index (χ3n) is 4.59. The van der Waals surface area contributed by atoms with Crippen molar-refractivity contribution in [2.75, 3.05) is 10.0 Å². The van der Waals surface area contributed by atoms with E-state index in [0.29, 0.717) is 11.6 Å². The van der Waals surface area contributed by atoms with Crippen LogP contribution in [0, 0.1) is 6.92 Å². The van der Waals surface area contributed by atoms with E-state index in [4.69, 9.17) is 0 Å². The number of pyridine rings is 1. The van der Waals surface area contributed by atoms with Crippen LogP contribution in [-0.4, -0.2) is 15.4 Å². The monoisotopic (exact) mass is 407 g/mol. The highest BCUT2D eigenvalue weighted by Gasteiger charge is 2.14. The Balaban J connectivity index is 1.83. The second kappa shape index (κ2) is 9.11. The van der Waals surface area contributed by atoms with E-state index in [1.54, 1.807) is 12.4 Å². The zero-order chi connectivity index (χ0) is 21.0. The van der Waals surface area contributed by atoms with Crippen molar-refractivity contribution in [1.82, 2.24) is 4.98 Å². The third kappa shape index (κ3) is 5.37. The number of aryl methyl sites for hydroxylation is 1. The molecular formula is C23H25N3O2S. The highest BCUT2D eigenvalue weighted by Crippen LogP contribution is 2.28. The van der Waals surface area contributed by atoms with E-state index in [0.717, 1.165) is 27.3 Å². The molecular weight excluding hydrogens is 382 g/mol. The molecule has 0 aliphatic carbocycles. The van der Waals surface area contributed by atoms with Gasteiger partial charge in [0.1, 0.15) is 11.4 Å². The molecule has 1 heterocycles. The number of anilines is 2. The molecule has 0 aliphatic rings. The van der Waals surface area contributed by atoms with Crippen molar-refractivity contribution >= 4 is 28.6 Å². The van der Waals surface area contributed by atoms with E-state index in [1.165, 1.54) is 12.5 Å². The molecule has 5 nitrogen and oxygen atoms in total. The molecule has 1 atom stereocenters. The highest BCUT2D eigenvalue weighted by atomic mass is 32.2. The summed E-state index contributed by atoms with van der Waals surface area (Å²) in [6.45, 7) is 7.70. The maximum atomic E-state index is 12.8. The number of aromatic nitrogens is 1. The largest absolute Gasteiger partial charge is 0.588 e. The molecule has 1 amide bonds. The molecule has 0 spiro atoms. The van der Waals surface area contributed by atoms with Crippen molar-refractivity contribution in [3.8, 4) is 11.1 Å². The molecule has 2 N–H and O–H groups in total. The van der Waals surface area contributed by atoms with Crippen LogP contribution in [0.1, 0.15) is 37.8 Å². The first-order valence-electron chi connectivity index (χ1n) is 9.45. The molecule has 0 saturated carbocycles. The van der Waals surface area contributed by atoms with Crippen LogP contribution in [0.4, 0.5) is 11.4 Å². The summed E-state index contributed by atoms with van der Waals surface area (Å²) in [5.41, 5.74) is 5.43. The molecule has 1 aromatic heterocycles. The van der Waals surface area contributed by atoms with Crippen molar-refractivity contribution in [1.29, 1.82) is 0 Å². The number of hydrogen-bond acceptors (Lipinski definition) is 4. The minimum atomic E-state index is -1.37. The fourth-order valence-corrected chi connectivity index (χ4v) is 3.84. The fraction of sp³-hybridized carbons (Fsp3) is 0.217. The zero-order valence-electron chi connectivity index (χ0n) is 17.0. The second-order valence-electron chi connectivity index (χ2n) is 7.27. The number of carbonyl (C=O) groups is 1. The van der Waals surface area contributed by atoms with E-state index >= 15 is 0 Å². The predicted octanol–water partition coefficient (Wildman–Crippen LogP) is 5.27. The summed E-state index contributed by atoms with van der Waals surface area (Å²) >= 11 is -1.37. The lowest BCUT2D eigenvalue weighted by Crippen LogP contribution is -2.14. The molecule has 150 valence electrons. The van der Waals surface area contributed by atoms with Crippen LogP contribution in [0.5, 0.6) is 0 Å². The standard InChI is InChI=1S/C23H25N3O2S/c1-15(2)18-7-9-22(10-8-18)29(28)26-23-12-19(6-5-16(23)3)20-11-21(14-24-13-20)25-17(4)27/h5-15,26H,1-4H3,(H,25,27). The quantitative estimate of drug-likeness (QED) is 0.546. The van der Waals surface area contributed by atoms with Crippen molar-refractivity contribution in [2.24, 2.45) is 0 Å². The van der Waals surface area contributed by atoms with Gasteiger partial charge in [-0.25, -0.2) is 4.72 Å². The van der Waals surface area contributed by atoms with E-state index < -0.39 is 11.4 Å². The summed E-state index contributed by atoms with van der Waals surface area (Å²) in [6.07, 6.45) is 3.34. The smallest absolute Gasteiger partial charge is 0.221 e. The lowest BCUT2D eigenvalue weighted by Gasteiger charge is -2.15. The average Bonchev–Trinajstić information content (AvgIpc) is 2.69. The number of nitrogens with zero attached hydrogens (tertiary/aromatic N) is 1. The summed E-state index contributed by atoms with van der Waals surface area (Å²) in [5.74, 6) is 0.292. The number of hydrogen-bond donors (Lipinski definition) is 2. The molecule has 0 saturated heterocycles. The van der Waals surface area contributed by atoms with Gasteiger partial charge in [-0.2, -0.15) is 0 Å². The van der Waals surface area contributed by atoms with Crippen molar-refractivity contribution < 1.29 is 9.35 Å². The van der Waals surface area contributed by atoms with Crippen LogP contribution >= 0.6 is 0 Å². The second-order valence-corrected chi connectivity index (χ2v) is 8.48. The Hall–Kier alpha value is -2.83. The summed E-state index contributed by atoms with van der Waals surface area (Å²) in [6, 6.07) is 15.6. The maximum Gasteiger partial charge on any atom is 0.221 e. The van der Waals surface area contributed by atoms with Gasteiger partial charge in [0.2, 0.25) is 5.91 Å². The SMILES string of the molecule is CC(=O)Nc1cncc(-c2ccc(C)c(N[S+]([O-])c3ccc(C(C)C)cc3)c2)c1. The van der Waals surface area contributed by atoms with Crippen LogP contribution < -0.4 is 10.0 Å². The molecule has 0 fully saturated rings. The van der Waals surface area contributed by atoms with Crippen molar-refractivity contribution in [3.05, 3.63) is 72.1 Å². The molecule has 1 unspecified atom stereocenters. The number of amides is 1. The first-order valence-corrected chi connectivity index (χ1v) is 10.6. The van der Waals surface area contributed by atoms with E-state index in [2.05, 4.69) is 28.9 Å². The van der Waals surface area contributed by atoms with Crippen molar-refractivity contribution in [2.45, 2.75) is 38.5 Å². The van der Waals surface area contributed by atoms with Gasteiger partial charge in [-0.15, -0.1) is 0 Å².